The van der Waals surface area contributed by atoms with E-state index in [-0.39, 0.29) is 12.5 Å². The molecule has 4 nitrogen and oxygen atoms in total. The normalized spacial score (nSPS) is 11.2. The van der Waals surface area contributed by atoms with Crippen LogP contribution in [0, 0.1) is 17.8 Å². The maximum atomic E-state index is 11.5. The van der Waals surface area contributed by atoms with Gasteiger partial charge >= 0.3 is 5.97 Å². The lowest BCUT2D eigenvalue weighted by Crippen LogP contribution is -2.04. The molecule has 0 unspecified atom stereocenters. The minimum absolute atomic E-state index is 0.0359. The molecule has 0 aliphatic carbocycles. The van der Waals surface area contributed by atoms with E-state index >= 15 is 0 Å². The lowest BCUT2D eigenvalue weighted by atomic mass is 10.1. The first-order chi connectivity index (χ1) is 9.15. The number of aliphatic hydroxyl groups is 1. The monoisotopic (exact) mass is 262 g/mol. The summed E-state index contributed by atoms with van der Waals surface area (Å²) in [4.78, 5) is 11.5. The molecule has 0 heterocycles. The molecule has 0 spiro atoms. The van der Waals surface area contributed by atoms with E-state index in [0.717, 1.165) is 12.0 Å². The summed E-state index contributed by atoms with van der Waals surface area (Å²) in [6.45, 7) is 2.01. The van der Waals surface area contributed by atoms with Gasteiger partial charge in [0.1, 0.15) is 11.3 Å². The fraction of sp³-hybridized carbons (Fsp3) is 0.400. The van der Waals surface area contributed by atoms with Gasteiger partial charge in [0.05, 0.1) is 20.8 Å². The van der Waals surface area contributed by atoms with Crippen LogP contribution < -0.4 is 4.74 Å². The van der Waals surface area contributed by atoms with Gasteiger partial charge in [-0.15, -0.1) is 0 Å². The Morgan fingerprint density at radius 1 is 1.42 bits per heavy atom. The number of ether oxygens (including phenoxy) is 2. The second kappa shape index (κ2) is 7.45. The molecule has 0 amide bonds. The second-order valence-electron chi connectivity index (χ2n) is 3.96. The molecule has 4 heteroatoms. The standard InChI is InChI=1S/C15H18O4/c1-4-11(10-16)5-6-12-7-8-13(15(17)19-3)14(9-12)18-2/h7-9,11,16H,4,10H2,1-3H3/t11-/m0/s1. The third kappa shape index (κ3) is 4.01. The molecule has 0 aliphatic heterocycles. The van der Waals surface area contributed by atoms with Crippen molar-refractivity contribution in [2.24, 2.45) is 5.92 Å². The average molecular weight is 262 g/mol. The first-order valence-corrected chi connectivity index (χ1v) is 6.05. The average Bonchev–Trinajstić information content (AvgIpc) is 2.47. The Bertz CT molecular complexity index is 493. The highest BCUT2D eigenvalue weighted by atomic mass is 16.5. The predicted molar refractivity (Wildman–Crippen MR) is 72.1 cm³/mol. The van der Waals surface area contributed by atoms with Crippen LogP contribution in [0.1, 0.15) is 29.3 Å². The van der Waals surface area contributed by atoms with Crippen molar-refractivity contribution in [3.05, 3.63) is 29.3 Å². The molecule has 0 aromatic heterocycles. The third-order valence-corrected chi connectivity index (χ3v) is 2.74. The van der Waals surface area contributed by atoms with Crippen LogP contribution in [0.15, 0.2) is 18.2 Å². The number of carbonyl (C=O) groups is 1. The quantitative estimate of drug-likeness (QED) is 0.664. The largest absolute Gasteiger partial charge is 0.496 e. The SMILES string of the molecule is CC[C@@H](C#Cc1ccc(C(=O)OC)c(OC)c1)CO. The number of hydrogen-bond donors (Lipinski definition) is 1. The van der Waals surface area contributed by atoms with Crippen LogP contribution in [0.3, 0.4) is 0 Å². The van der Waals surface area contributed by atoms with Crippen molar-refractivity contribution in [2.45, 2.75) is 13.3 Å². The Labute approximate surface area is 113 Å². The zero-order valence-corrected chi connectivity index (χ0v) is 11.4. The summed E-state index contributed by atoms with van der Waals surface area (Å²) in [5.41, 5.74) is 1.10. The van der Waals surface area contributed by atoms with Crippen LogP contribution in [0.5, 0.6) is 5.75 Å². The zero-order chi connectivity index (χ0) is 14.3. The molecular weight excluding hydrogens is 244 g/mol. The van der Waals surface area contributed by atoms with Crippen LogP contribution in [0.25, 0.3) is 0 Å². The van der Waals surface area contributed by atoms with E-state index in [4.69, 9.17) is 9.84 Å². The molecule has 19 heavy (non-hydrogen) atoms. The van der Waals surface area contributed by atoms with Crippen molar-refractivity contribution in [1.29, 1.82) is 0 Å². The number of carbonyl (C=O) groups excluding carboxylic acids is 1. The van der Waals surface area contributed by atoms with Crippen LogP contribution in [0.4, 0.5) is 0 Å². The predicted octanol–water partition coefficient (Wildman–Crippen LogP) is 1.85. The Hall–Kier alpha value is -1.99. The third-order valence-electron chi connectivity index (χ3n) is 2.74. The maximum absolute atomic E-state index is 11.5. The van der Waals surface area contributed by atoms with Crippen LogP contribution in [0.2, 0.25) is 0 Å². The molecule has 0 fully saturated rings. The highest BCUT2D eigenvalue weighted by Crippen LogP contribution is 2.20. The maximum Gasteiger partial charge on any atom is 0.341 e. The topological polar surface area (TPSA) is 55.8 Å². The number of rotatable bonds is 4. The lowest BCUT2D eigenvalue weighted by molar-refractivity contribution is 0.0597. The van der Waals surface area contributed by atoms with Crippen molar-refractivity contribution < 1.29 is 19.4 Å². The van der Waals surface area contributed by atoms with Crippen molar-refractivity contribution in [1.82, 2.24) is 0 Å². The van der Waals surface area contributed by atoms with E-state index < -0.39 is 5.97 Å². The zero-order valence-electron chi connectivity index (χ0n) is 11.4. The van der Waals surface area contributed by atoms with Crippen molar-refractivity contribution in [2.75, 3.05) is 20.8 Å². The molecule has 1 aromatic rings. The van der Waals surface area contributed by atoms with E-state index in [1.165, 1.54) is 14.2 Å². The van der Waals surface area contributed by atoms with Crippen LogP contribution >= 0.6 is 0 Å². The second-order valence-corrected chi connectivity index (χ2v) is 3.96. The fourth-order valence-electron chi connectivity index (χ4n) is 1.51. The molecule has 1 aromatic carbocycles. The summed E-state index contributed by atoms with van der Waals surface area (Å²) in [6, 6.07) is 5.03. The molecule has 0 aliphatic rings. The Morgan fingerprint density at radius 2 is 2.16 bits per heavy atom. The summed E-state index contributed by atoms with van der Waals surface area (Å²) in [7, 11) is 2.81. The van der Waals surface area contributed by atoms with Gasteiger partial charge in [-0.25, -0.2) is 4.79 Å². The molecule has 1 N–H and O–H groups in total. The molecule has 0 saturated heterocycles. The van der Waals surface area contributed by atoms with E-state index in [2.05, 4.69) is 16.6 Å². The number of esters is 1. The van der Waals surface area contributed by atoms with Crippen molar-refractivity contribution in [3.63, 3.8) is 0 Å². The lowest BCUT2D eigenvalue weighted by Gasteiger charge is -2.07. The van der Waals surface area contributed by atoms with Crippen molar-refractivity contribution >= 4 is 5.97 Å². The molecule has 0 radical (unpaired) electrons. The van der Waals surface area contributed by atoms with Gasteiger partial charge in [-0.2, -0.15) is 0 Å². The number of aliphatic hydroxyl groups excluding tert-OH is 1. The first kappa shape index (κ1) is 15.1. The highest BCUT2D eigenvalue weighted by molar-refractivity contribution is 5.92. The van der Waals surface area contributed by atoms with E-state index in [1.54, 1.807) is 18.2 Å². The van der Waals surface area contributed by atoms with Gasteiger partial charge in [0.2, 0.25) is 0 Å². The van der Waals surface area contributed by atoms with Gasteiger partial charge in [-0.1, -0.05) is 18.8 Å². The van der Waals surface area contributed by atoms with Crippen LogP contribution in [-0.4, -0.2) is 31.9 Å². The molecule has 1 rings (SSSR count). The minimum Gasteiger partial charge on any atom is -0.496 e. The van der Waals surface area contributed by atoms with E-state index in [0.29, 0.717) is 11.3 Å². The highest BCUT2D eigenvalue weighted by Gasteiger charge is 2.12. The number of benzene rings is 1. The van der Waals surface area contributed by atoms with Crippen molar-refractivity contribution in [3.8, 4) is 17.6 Å². The van der Waals surface area contributed by atoms with Gasteiger partial charge in [0.25, 0.3) is 0 Å². The Kier molecular flexibility index (Phi) is 5.91. The van der Waals surface area contributed by atoms with Gasteiger partial charge < -0.3 is 14.6 Å². The smallest absolute Gasteiger partial charge is 0.341 e. The Morgan fingerprint density at radius 3 is 2.68 bits per heavy atom. The summed E-state index contributed by atoms with van der Waals surface area (Å²) in [5.74, 6) is 5.89. The molecule has 0 bridgehead atoms. The summed E-state index contributed by atoms with van der Waals surface area (Å²) >= 11 is 0. The molecule has 0 saturated carbocycles. The van der Waals surface area contributed by atoms with E-state index in [9.17, 15) is 4.79 Å². The molecule has 102 valence electrons. The molecular formula is C15H18O4. The van der Waals surface area contributed by atoms with Crippen LogP contribution in [-0.2, 0) is 4.74 Å². The van der Waals surface area contributed by atoms with Gasteiger partial charge in [0.15, 0.2) is 0 Å². The molecule has 1 atom stereocenters. The van der Waals surface area contributed by atoms with Gasteiger partial charge in [-0.3, -0.25) is 0 Å². The minimum atomic E-state index is -0.446. The number of methoxy groups -OCH3 is 2. The van der Waals surface area contributed by atoms with Gasteiger partial charge in [-0.05, 0) is 24.6 Å². The Balaban J connectivity index is 3.03. The first-order valence-electron chi connectivity index (χ1n) is 6.05. The van der Waals surface area contributed by atoms with Gasteiger partial charge in [0, 0.05) is 11.5 Å². The summed E-state index contributed by atoms with van der Waals surface area (Å²) < 4.78 is 9.81. The fourth-order valence-corrected chi connectivity index (χ4v) is 1.51. The summed E-state index contributed by atoms with van der Waals surface area (Å²) in [5, 5.41) is 9.07. The summed E-state index contributed by atoms with van der Waals surface area (Å²) in [6.07, 6.45) is 0.793. The van der Waals surface area contributed by atoms with E-state index in [1.807, 2.05) is 6.92 Å². The number of hydrogen-bond acceptors (Lipinski definition) is 4.